The highest BCUT2D eigenvalue weighted by molar-refractivity contribution is 6.15. The fourth-order valence-corrected chi connectivity index (χ4v) is 5.31. The Labute approximate surface area is 180 Å². The maximum absolute atomic E-state index is 4.68. The van der Waals surface area contributed by atoms with E-state index in [0.717, 1.165) is 11.4 Å². The molecule has 30 heavy (non-hydrogen) atoms. The molecule has 0 radical (unpaired) electrons. The van der Waals surface area contributed by atoms with Gasteiger partial charge in [-0.05, 0) is 119 Å². The van der Waals surface area contributed by atoms with Gasteiger partial charge < -0.3 is 4.57 Å². The zero-order valence-electron chi connectivity index (χ0n) is 20.3. The number of nitrogens with zero attached hydrogens (tertiary/aromatic N) is 3. The molecule has 2 aromatic heterocycles. The highest BCUT2D eigenvalue weighted by Gasteiger charge is 2.24. The minimum Gasteiger partial charge on any atom is -0.343 e. The summed E-state index contributed by atoms with van der Waals surface area (Å²) in [6, 6.07) is 0. The number of hydrogen-bond donors (Lipinski definition) is 0. The summed E-state index contributed by atoms with van der Waals surface area (Å²) < 4.78 is 2.41. The van der Waals surface area contributed by atoms with Crippen molar-refractivity contribution in [3.8, 4) is 11.3 Å². The summed E-state index contributed by atoms with van der Waals surface area (Å²) in [5.41, 5.74) is 17.9. The largest absolute Gasteiger partial charge is 0.343 e. The van der Waals surface area contributed by atoms with Crippen molar-refractivity contribution in [3.63, 3.8) is 0 Å². The Kier molecular flexibility index (Phi) is 4.57. The van der Waals surface area contributed by atoms with Gasteiger partial charge in [0.2, 0.25) is 0 Å². The van der Waals surface area contributed by atoms with E-state index < -0.39 is 0 Å². The molecule has 0 unspecified atom stereocenters. The third-order valence-electron chi connectivity index (χ3n) is 7.85. The van der Waals surface area contributed by atoms with Crippen molar-refractivity contribution in [2.45, 2.75) is 69.2 Å². The molecule has 3 nitrogen and oxygen atoms in total. The van der Waals surface area contributed by atoms with Crippen LogP contribution in [0.4, 0.5) is 0 Å². The molecule has 0 aliphatic rings. The summed E-state index contributed by atoms with van der Waals surface area (Å²) in [7, 11) is 2.22. The van der Waals surface area contributed by atoms with Crippen molar-refractivity contribution in [1.82, 2.24) is 14.8 Å². The number of benzene rings is 2. The van der Waals surface area contributed by atoms with E-state index in [1.807, 2.05) is 6.92 Å². The lowest BCUT2D eigenvalue weighted by atomic mass is 9.87. The van der Waals surface area contributed by atoms with Gasteiger partial charge in [-0.15, -0.1) is 5.10 Å². The first-order valence-corrected chi connectivity index (χ1v) is 10.8. The number of fused-ring (bicyclic) bond motifs is 3. The highest BCUT2D eigenvalue weighted by Crippen LogP contribution is 2.44. The van der Waals surface area contributed by atoms with Crippen LogP contribution < -0.4 is 0 Å². The summed E-state index contributed by atoms with van der Waals surface area (Å²) in [4.78, 5) is 0. The van der Waals surface area contributed by atoms with Gasteiger partial charge in [0.1, 0.15) is 0 Å². The summed E-state index contributed by atoms with van der Waals surface area (Å²) in [6.45, 7) is 22.2. The fourth-order valence-electron chi connectivity index (χ4n) is 5.31. The molecular weight excluding hydrogens is 366 g/mol. The van der Waals surface area contributed by atoms with Crippen LogP contribution >= 0.6 is 0 Å². The SMILES string of the molecule is Cc1nnc(-c2c(C)c(C)c3c(c2C)c2c(C)c(C)c(C)c(C)c2n3C)c(C)c1C. The van der Waals surface area contributed by atoms with Gasteiger partial charge in [-0.25, -0.2) is 0 Å². The van der Waals surface area contributed by atoms with E-state index >= 15 is 0 Å². The Morgan fingerprint density at radius 1 is 0.467 bits per heavy atom. The highest BCUT2D eigenvalue weighted by atomic mass is 15.1. The van der Waals surface area contributed by atoms with Gasteiger partial charge in [0, 0.05) is 23.4 Å². The summed E-state index contributed by atoms with van der Waals surface area (Å²) in [5.74, 6) is 0. The van der Waals surface area contributed by atoms with Gasteiger partial charge in [-0.2, -0.15) is 5.10 Å². The van der Waals surface area contributed by atoms with Crippen LogP contribution in [-0.4, -0.2) is 14.8 Å². The molecule has 0 aliphatic carbocycles. The van der Waals surface area contributed by atoms with Gasteiger partial charge in [-0.1, -0.05) is 0 Å². The van der Waals surface area contributed by atoms with E-state index in [1.165, 1.54) is 77.4 Å². The fraction of sp³-hybridized carbons (Fsp3) is 0.407. The van der Waals surface area contributed by atoms with Crippen molar-refractivity contribution in [1.29, 1.82) is 0 Å². The van der Waals surface area contributed by atoms with Crippen LogP contribution in [0.3, 0.4) is 0 Å². The smallest absolute Gasteiger partial charge is 0.0967 e. The first-order valence-electron chi connectivity index (χ1n) is 10.8. The molecule has 0 spiro atoms. The van der Waals surface area contributed by atoms with E-state index in [1.54, 1.807) is 0 Å². The molecule has 0 amide bonds. The maximum atomic E-state index is 4.68. The van der Waals surface area contributed by atoms with Crippen LogP contribution in [0, 0.1) is 69.2 Å². The molecule has 0 saturated carbocycles. The summed E-state index contributed by atoms with van der Waals surface area (Å²) in [5, 5.41) is 11.9. The minimum absolute atomic E-state index is 1.01. The van der Waals surface area contributed by atoms with Crippen molar-refractivity contribution in [2.75, 3.05) is 0 Å². The van der Waals surface area contributed by atoms with Crippen LogP contribution in [0.2, 0.25) is 0 Å². The van der Waals surface area contributed by atoms with Gasteiger partial charge in [0.25, 0.3) is 0 Å². The molecule has 0 saturated heterocycles. The van der Waals surface area contributed by atoms with Crippen LogP contribution in [0.5, 0.6) is 0 Å². The zero-order chi connectivity index (χ0) is 22.2. The average Bonchev–Trinajstić information content (AvgIpc) is 3.02. The van der Waals surface area contributed by atoms with E-state index in [-0.39, 0.29) is 0 Å². The van der Waals surface area contributed by atoms with E-state index in [9.17, 15) is 0 Å². The Balaban J connectivity index is 2.31. The molecule has 2 aromatic carbocycles. The predicted molar refractivity (Wildman–Crippen MR) is 129 cm³/mol. The predicted octanol–water partition coefficient (Wildman–Crippen LogP) is 6.87. The van der Waals surface area contributed by atoms with Crippen molar-refractivity contribution < 1.29 is 0 Å². The van der Waals surface area contributed by atoms with E-state index in [2.05, 4.69) is 84.1 Å². The average molecular weight is 400 g/mol. The molecule has 0 N–H and O–H groups in total. The lowest BCUT2D eigenvalue weighted by molar-refractivity contribution is 0.948. The molecular formula is C27H33N3. The summed E-state index contributed by atoms with van der Waals surface area (Å²) >= 11 is 0. The van der Waals surface area contributed by atoms with Gasteiger partial charge in [0.05, 0.1) is 22.4 Å². The second-order valence-electron chi connectivity index (χ2n) is 9.14. The van der Waals surface area contributed by atoms with Crippen LogP contribution in [0.15, 0.2) is 0 Å². The molecule has 0 fully saturated rings. The van der Waals surface area contributed by atoms with Gasteiger partial charge in [0.15, 0.2) is 0 Å². The third-order valence-corrected chi connectivity index (χ3v) is 7.85. The van der Waals surface area contributed by atoms with Gasteiger partial charge in [-0.3, -0.25) is 0 Å². The molecule has 4 aromatic rings. The van der Waals surface area contributed by atoms with E-state index in [0.29, 0.717) is 0 Å². The standard InChI is InChI=1S/C27H33N3/c1-12-13(2)18(7)26-23(15(12)4)24-20(9)22(16(5)19(8)27(24)30(26)11)25-17(6)14(3)21(10)28-29-25/h1-11H3. The Bertz CT molecular complexity index is 1380. The quantitative estimate of drug-likeness (QED) is 0.349. The van der Waals surface area contributed by atoms with Crippen molar-refractivity contribution >= 4 is 21.8 Å². The molecule has 0 atom stereocenters. The second kappa shape index (κ2) is 6.66. The number of rotatable bonds is 1. The molecule has 3 heteroatoms. The molecule has 156 valence electrons. The molecule has 4 rings (SSSR count). The Morgan fingerprint density at radius 3 is 1.57 bits per heavy atom. The van der Waals surface area contributed by atoms with Crippen LogP contribution in [-0.2, 0) is 7.05 Å². The molecule has 0 aliphatic heterocycles. The first kappa shape index (κ1) is 20.6. The monoisotopic (exact) mass is 399 g/mol. The lowest BCUT2D eigenvalue weighted by Gasteiger charge is -2.18. The second-order valence-corrected chi connectivity index (χ2v) is 9.14. The zero-order valence-corrected chi connectivity index (χ0v) is 20.3. The van der Waals surface area contributed by atoms with Crippen LogP contribution in [0.1, 0.15) is 55.8 Å². The Hall–Kier alpha value is -2.68. The van der Waals surface area contributed by atoms with Gasteiger partial charge >= 0.3 is 0 Å². The topological polar surface area (TPSA) is 30.7 Å². The molecule has 0 bridgehead atoms. The third kappa shape index (κ3) is 2.44. The van der Waals surface area contributed by atoms with Crippen molar-refractivity contribution in [3.05, 3.63) is 55.8 Å². The minimum atomic E-state index is 1.01. The normalized spacial score (nSPS) is 11.8. The maximum Gasteiger partial charge on any atom is 0.0967 e. The lowest BCUT2D eigenvalue weighted by Crippen LogP contribution is -2.03. The van der Waals surface area contributed by atoms with Crippen LogP contribution in [0.25, 0.3) is 33.1 Å². The summed E-state index contributed by atoms with van der Waals surface area (Å²) in [6.07, 6.45) is 0. The van der Waals surface area contributed by atoms with E-state index in [4.69, 9.17) is 0 Å². The Morgan fingerprint density at radius 2 is 0.967 bits per heavy atom. The molecule has 2 heterocycles. The number of hydrogen-bond acceptors (Lipinski definition) is 2. The first-order chi connectivity index (χ1) is 14.0. The van der Waals surface area contributed by atoms with Crippen molar-refractivity contribution in [2.24, 2.45) is 7.05 Å². The number of aromatic nitrogens is 3. The number of aryl methyl sites for hydroxylation is 6.